The predicted octanol–water partition coefficient (Wildman–Crippen LogP) is 0.993. The van der Waals surface area contributed by atoms with Crippen LogP contribution in [0.2, 0.25) is 0 Å². The number of nitrogens with zero attached hydrogens (tertiary/aromatic N) is 3. The average molecular weight is 236 g/mol. The molecule has 1 aromatic rings. The summed E-state index contributed by atoms with van der Waals surface area (Å²) in [6, 6.07) is 0. The molecule has 0 radical (unpaired) electrons. The Morgan fingerprint density at radius 2 is 2.55 bits per heavy atom. The molecule has 1 aromatic heterocycles. The minimum Gasteiger partial charge on any atom is -0.385 e. The van der Waals surface area contributed by atoms with Crippen molar-refractivity contribution >= 4 is 36.8 Å². The molecule has 1 atom stereocenters. The molecule has 11 heavy (non-hydrogen) atoms. The Labute approximate surface area is 74.6 Å². The first-order chi connectivity index (χ1) is 5.33. The predicted molar refractivity (Wildman–Crippen MR) is 49.7 cm³/mol. The van der Waals surface area contributed by atoms with Crippen LogP contribution in [0.25, 0.3) is 0 Å². The SMILES string of the molecule is OC[SH]1C(Br)=Nc2cncn21. The maximum Gasteiger partial charge on any atom is 0.163 e. The Morgan fingerprint density at radius 3 is 3.27 bits per heavy atom. The van der Waals surface area contributed by atoms with Crippen molar-refractivity contribution in [2.75, 3.05) is 5.94 Å². The van der Waals surface area contributed by atoms with Crippen molar-refractivity contribution in [2.24, 2.45) is 4.99 Å². The Morgan fingerprint density at radius 1 is 1.73 bits per heavy atom. The number of rotatable bonds is 1. The van der Waals surface area contributed by atoms with Crippen LogP contribution in [0.4, 0.5) is 5.82 Å². The monoisotopic (exact) mass is 235 g/mol. The van der Waals surface area contributed by atoms with Crippen molar-refractivity contribution < 1.29 is 5.11 Å². The molecule has 1 N–H and O–H groups in total. The number of thiol groups is 1. The molecule has 60 valence electrons. The van der Waals surface area contributed by atoms with Gasteiger partial charge in [-0.3, -0.25) is 3.97 Å². The van der Waals surface area contributed by atoms with Crippen LogP contribution in [0.15, 0.2) is 17.5 Å². The molecule has 0 aliphatic carbocycles. The summed E-state index contributed by atoms with van der Waals surface area (Å²) in [4.78, 5) is 8.08. The highest BCUT2D eigenvalue weighted by Gasteiger charge is 2.19. The molecule has 1 aliphatic heterocycles. The molecule has 0 aromatic carbocycles. The molecular formula is C5H6BrN3OS. The lowest BCUT2D eigenvalue weighted by atomic mass is 10.8. The third kappa shape index (κ3) is 1.02. The number of hydrogen-bond donors (Lipinski definition) is 2. The fraction of sp³-hybridized carbons (Fsp3) is 0.200. The summed E-state index contributed by atoms with van der Waals surface area (Å²) in [6.45, 7) is 0. The van der Waals surface area contributed by atoms with Crippen LogP contribution >= 0.6 is 27.0 Å². The zero-order valence-electron chi connectivity index (χ0n) is 5.48. The van der Waals surface area contributed by atoms with Gasteiger partial charge < -0.3 is 5.11 Å². The fourth-order valence-corrected chi connectivity index (χ4v) is 3.12. The molecule has 2 rings (SSSR count). The molecule has 0 saturated heterocycles. The Kier molecular flexibility index (Phi) is 1.74. The molecular weight excluding hydrogens is 230 g/mol. The van der Waals surface area contributed by atoms with Gasteiger partial charge in [-0.1, -0.05) is 11.1 Å². The molecule has 1 aliphatic rings. The molecule has 1 unspecified atom stereocenters. The average Bonchev–Trinajstić information content (AvgIpc) is 2.46. The van der Waals surface area contributed by atoms with E-state index in [9.17, 15) is 0 Å². The first-order valence-corrected chi connectivity index (χ1v) is 5.25. The molecule has 0 bridgehead atoms. The van der Waals surface area contributed by atoms with E-state index in [1.807, 2.05) is 3.97 Å². The normalized spacial score (nSPS) is 24.9. The number of aliphatic hydroxyl groups is 1. The van der Waals surface area contributed by atoms with E-state index < -0.39 is 11.1 Å². The smallest absolute Gasteiger partial charge is 0.163 e. The Hall–Kier alpha value is -0.330. The quantitative estimate of drug-likeness (QED) is 0.714. The van der Waals surface area contributed by atoms with Crippen LogP contribution in [0.1, 0.15) is 0 Å². The highest BCUT2D eigenvalue weighted by Crippen LogP contribution is 2.42. The van der Waals surface area contributed by atoms with Crippen molar-refractivity contribution in [3.05, 3.63) is 12.5 Å². The van der Waals surface area contributed by atoms with Crippen molar-refractivity contribution in [3.8, 4) is 0 Å². The van der Waals surface area contributed by atoms with E-state index in [4.69, 9.17) is 5.11 Å². The molecule has 0 saturated carbocycles. The number of aliphatic imine (C=N–C) groups is 1. The van der Waals surface area contributed by atoms with Crippen molar-refractivity contribution in [1.29, 1.82) is 0 Å². The van der Waals surface area contributed by atoms with Crippen LogP contribution in [-0.2, 0) is 0 Å². The lowest BCUT2D eigenvalue weighted by Crippen LogP contribution is -1.98. The van der Waals surface area contributed by atoms with Crippen molar-refractivity contribution in [3.63, 3.8) is 0 Å². The van der Waals surface area contributed by atoms with Gasteiger partial charge in [0.05, 0.1) is 12.1 Å². The van der Waals surface area contributed by atoms with Crippen LogP contribution in [-0.4, -0.2) is 24.0 Å². The Balaban J connectivity index is 2.46. The van der Waals surface area contributed by atoms with E-state index in [1.165, 1.54) is 0 Å². The fourth-order valence-electron chi connectivity index (χ4n) is 0.915. The van der Waals surface area contributed by atoms with Gasteiger partial charge in [0.15, 0.2) is 5.82 Å². The highest BCUT2D eigenvalue weighted by atomic mass is 79.9. The van der Waals surface area contributed by atoms with Crippen LogP contribution in [0.5, 0.6) is 0 Å². The maximum absolute atomic E-state index is 8.97. The minimum atomic E-state index is -0.707. The molecule has 0 amide bonds. The topological polar surface area (TPSA) is 50.4 Å². The zero-order chi connectivity index (χ0) is 7.84. The van der Waals surface area contributed by atoms with Gasteiger partial charge in [-0.05, 0) is 15.9 Å². The minimum absolute atomic E-state index is 0.114. The van der Waals surface area contributed by atoms with E-state index in [0.29, 0.717) is 0 Å². The van der Waals surface area contributed by atoms with Gasteiger partial charge in [-0.15, -0.1) is 0 Å². The third-order valence-corrected chi connectivity index (χ3v) is 4.44. The van der Waals surface area contributed by atoms with Gasteiger partial charge in [0.1, 0.15) is 10.3 Å². The highest BCUT2D eigenvalue weighted by molar-refractivity contribution is 9.22. The van der Waals surface area contributed by atoms with E-state index in [1.54, 1.807) is 12.5 Å². The second kappa shape index (κ2) is 2.62. The van der Waals surface area contributed by atoms with Gasteiger partial charge in [0, 0.05) is 0 Å². The van der Waals surface area contributed by atoms with Gasteiger partial charge in [-0.25, -0.2) is 9.98 Å². The summed E-state index contributed by atoms with van der Waals surface area (Å²) in [6.07, 6.45) is 3.37. The zero-order valence-corrected chi connectivity index (χ0v) is 7.96. The van der Waals surface area contributed by atoms with Gasteiger partial charge in [-0.2, -0.15) is 0 Å². The summed E-state index contributed by atoms with van der Waals surface area (Å²) in [5.74, 6) is 0.931. The van der Waals surface area contributed by atoms with Crippen LogP contribution < -0.4 is 0 Å². The summed E-state index contributed by atoms with van der Waals surface area (Å²) in [7, 11) is 0. The second-order valence-corrected chi connectivity index (χ2v) is 5.32. The second-order valence-electron chi connectivity index (χ2n) is 2.02. The maximum atomic E-state index is 8.97. The molecule has 4 nitrogen and oxygen atoms in total. The van der Waals surface area contributed by atoms with E-state index >= 15 is 0 Å². The first-order valence-electron chi connectivity index (χ1n) is 2.98. The number of imidazole rings is 1. The molecule has 6 heteroatoms. The summed E-state index contributed by atoms with van der Waals surface area (Å²) >= 11 is 2.59. The number of aromatic nitrogens is 2. The lowest BCUT2D eigenvalue weighted by molar-refractivity contribution is 0.373. The van der Waals surface area contributed by atoms with E-state index in [0.717, 1.165) is 9.77 Å². The summed E-state index contributed by atoms with van der Waals surface area (Å²) in [5.41, 5.74) is 0. The van der Waals surface area contributed by atoms with Crippen LogP contribution in [0.3, 0.4) is 0 Å². The number of aliphatic hydroxyl groups excluding tert-OH is 1. The molecule has 0 spiro atoms. The van der Waals surface area contributed by atoms with Crippen molar-refractivity contribution in [1.82, 2.24) is 8.96 Å². The molecule has 0 fully saturated rings. The van der Waals surface area contributed by atoms with E-state index in [-0.39, 0.29) is 5.94 Å². The van der Waals surface area contributed by atoms with Crippen molar-refractivity contribution in [2.45, 2.75) is 0 Å². The van der Waals surface area contributed by atoms with Gasteiger partial charge >= 0.3 is 0 Å². The Bertz CT molecular complexity index is 310. The van der Waals surface area contributed by atoms with Gasteiger partial charge in [0.2, 0.25) is 0 Å². The van der Waals surface area contributed by atoms with E-state index in [2.05, 4.69) is 25.9 Å². The summed E-state index contributed by atoms with van der Waals surface area (Å²) < 4.78 is 2.71. The van der Waals surface area contributed by atoms with Crippen LogP contribution in [0, 0.1) is 0 Å². The summed E-state index contributed by atoms with van der Waals surface area (Å²) in [5, 5.41) is 8.97. The lowest BCUT2D eigenvalue weighted by Gasteiger charge is -2.12. The standard InChI is InChI=1S/C5H6BrN3OS/c6-5-8-4-1-7-2-9(4)11(5)3-10/h1-2,10-11H,3H2. The molecule has 2 heterocycles. The largest absolute Gasteiger partial charge is 0.385 e. The number of hydrogen-bond acceptors (Lipinski definition) is 3. The number of fused-ring (bicyclic) bond motifs is 1. The third-order valence-electron chi connectivity index (χ3n) is 1.41. The number of halogens is 1. The van der Waals surface area contributed by atoms with Gasteiger partial charge in [0.25, 0.3) is 0 Å². The first kappa shape index (κ1) is 7.33.